The van der Waals surface area contributed by atoms with Gasteiger partial charge in [0.05, 0.1) is 18.7 Å². The highest BCUT2D eigenvalue weighted by Crippen LogP contribution is 2.28. The Morgan fingerprint density at radius 3 is 2.50 bits per heavy atom. The second kappa shape index (κ2) is 6.76. The van der Waals surface area contributed by atoms with E-state index in [0.29, 0.717) is 25.9 Å². The molecule has 1 unspecified atom stereocenters. The minimum atomic E-state index is -0.678. The highest BCUT2D eigenvalue weighted by Gasteiger charge is 2.36. The first-order valence-corrected chi connectivity index (χ1v) is 5.10. The first-order valence-electron chi connectivity index (χ1n) is 5.10. The molecule has 0 saturated heterocycles. The molecule has 2 N–H and O–H groups in total. The van der Waals surface area contributed by atoms with Crippen molar-refractivity contribution in [1.29, 1.82) is 0 Å². The maximum Gasteiger partial charge on any atom is 0.313 e. The van der Waals surface area contributed by atoms with E-state index < -0.39 is 12.1 Å². The smallest absolute Gasteiger partial charge is 0.313 e. The number of hydrogen-bond acceptors (Lipinski definition) is 3. The van der Waals surface area contributed by atoms with E-state index in [4.69, 9.17) is 10.5 Å². The standard InChI is InChI=1S/C10H20FNO2/c1-3-10(8-12,6-5-7-11)9(13)14-4-2/h3-8,12H2,1-2H3. The molecule has 0 aromatic heterocycles. The normalized spacial score (nSPS) is 14.9. The highest BCUT2D eigenvalue weighted by molar-refractivity contribution is 5.77. The second-order valence-electron chi connectivity index (χ2n) is 3.35. The molecule has 0 aliphatic heterocycles. The van der Waals surface area contributed by atoms with Crippen molar-refractivity contribution in [1.82, 2.24) is 0 Å². The Kier molecular flexibility index (Phi) is 6.45. The zero-order chi connectivity index (χ0) is 11.0. The van der Waals surface area contributed by atoms with Gasteiger partial charge in [-0.25, -0.2) is 0 Å². The van der Waals surface area contributed by atoms with Crippen molar-refractivity contribution in [2.75, 3.05) is 19.8 Å². The van der Waals surface area contributed by atoms with Crippen LogP contribution in [0, 0.1) is 5.41 Å². The van der Waals surface area contributed by atoms with E-state index in [0.717, 1.165) is 0 Å². The highest BCUT2D eigenvalue weighted by atomic mass is 19.1. The monoisotopic (exact) mass is 205 g/mol. The maximum atomic E-state index is 12.1. The Hall–Kier alpha value is -0.640. The van der Waals surface area contributed by atoms with Crippen molar-refractivity contribution in [2.45, 2.75) is 33.1 Å². The Balaban J connectivity index is 4.42. The van der Waals surface area contributed by atoms with Crippen molar-refractivity contribution in [3.05, 3.63) is 0 Å². The maximum absolute atomic E-state index is 12.1. The largest absolute Gasteiger partial charge is 0.466 e. The molecule has 0 aliphatic carbocycles. The summed E-state index contributed by atoms with van der Waals surface area (Å²) in [5, 5.41) is 0. The molecule has 4 heteroatoms. The Labute approximate surface area is 84.8 Å². The fourth-order valence-electron chi connectivity index (χ4n) is 1.44. The minimum Gasteiger partial charge on any atom is -0.466 e. The molecular weight excluding hydrogens is 185 g/mol. The van der Waals surface area contributed by atoms with Crippen LogP contribution in [0.25, 0.3) is 0 Å². The molecule has 0 saturated carbocycles. The minimum absolute atomic E-state index is 0.225. The summed E-state index contributed by atoms with van der Waals surface area (Å²) in [5.41, 5.74) is 4.89. The lowest BCUT2D eigenvalue weighted by atomic mass is 9.81. The molecule has 14 heavy (non-hydrogen) atoms. The SMILES string of the molecule is CCOC(=O)C(CC)(CN)CCCF. The lowest BCUT2D eigenvalue weighted by molar-refractivity contribution is -0.155. The van der Waals surface area contributed by atoms with E-state index in [1.165, 1.54) is 0 Å². The van der Waals surface area contributed by atoms with Crippen molar-refractivity contribution >= 4 is 5.97 Å². The van der Waals surface area contributed by atoms with Gasteiger partial charge in [0.15, 0.2) is 0 Å². The van der Waals surface area contributed by atoms with Crippen LogP contribution >= 0.6 is 0 Å². The van der Waals surface area contributed by atoms with Gasteiger partial charge in [-0.3, -0.25) is 9.18 Å². The topological polar surface area (TPSA) is 52.3 Å². The summed E-state index contributed by atoms with van der Waals surface area (Å²) in [6, 6.07) is 0. The molecule has 0 aromatic carbocycles. The molecule has 0 rings (SSSR count). The molecule has 0 bridgehead atoms. The van der Waals surface area contributed by atoms with Crippen LogP contribution in [0.1, 0.15) is 33.1 Å². The van der Waals surface area contributed by atoms with Gasteiger partial charge >= 0.3 is 5.97 Å². The third-order valence-corrected chi connectivity index (χ3v) is 2.56. The average molecular weight is 205 g/mol. The van der Waals surface area contributed by atoms with Gasteiger partial charge in [-0.15, -0.1) is 0 Å². The lowest BCUT2D eigenvalue weighted by Gasteiger charge is -2.28. The van der Waals surface area contributed by atoms with Crippen LogP contribution in [0.3, 0.4) is 0 Å². The molecule has 0 aliphatic rings. The van der Waals surface area contributed by atoms with E-state index >= 15 is 0 Å². The van der Waals surface area contributed by atoms with Crippen molar-refractivity contribution in [3.63, 3.8) is 0 Å². The number of halogens is 1. The number of rotatable bonds is 7. The van der Waals surface area contributed by atoms with Crippen LogP contribution < -0.4 is 5.73 Å². The van der Waals surface area contributed by atoms with Crippen molar-refractivity contribution in [3.8, 4) is 0 Å². The van der Waals surface area contributed by atoms with Crippen LogP contribution in [0.5, 0.6) is 0 Å². The quantitative estimate of drug-likeness (QED) is 0.643. The Morgan fingerprint density at radius 1 is 1.50 bits per heavy atom. The first kappa shape index (κ1) is 13.4. The van der Waals surface area contributed by atoms with Crippen LogP contribution in [-0.2, 0) is 9.53 Å². The van der Waals surface area contributed by atoms with E-state index in [2.05, 4.69) is 0 Å². The molecule has 0 fully saturated rings. The first-order chi connectivity index (χ1) is 6.66. The zero-order valence-electron chi connectivity index (χ0n) is 9.01. The fourth-order valence-corrected chi connectivity index (χ4v) is 1.44. The zero-order valence-corrected chi connectivity index (χ0v) is 9.01. The van der Waals surface area contributed by atoms with Crippen LogP contribution in [0.4, 0.5) is 4.39 Å². The van der Waals surface area contributed by atoms with E-state index in [1.807, 2.05) is 6.92 Å². The van der Waals surface area contributed by atoms with E-state index in [9.17, 15) is 9.18 Å². The summed E-state index contributed by atoms with van der Waals surface area (Å²) in [7, 11) is 0. The molecule has 0 spiro atoms. The van der Waals surface area contributed by atoms with Crippen molar-refractivity contribution in [2.24, 2.45) is 11.1 Å². The lowest BCUT2D eigenvalue weighted by Crippen LogP contribution is -2.39. The third-order valence-electron chi connectivity index (χ3n) is 2.56. The summed E-state index contributed by atoms with van der Waals surface area (Å²) in [5.74, 6) is -0.293. The predicted octanol–water partition coefficient (Wildman–Crippen LogP) is 1.65. The van der Waals surface area contributed by atoms with Gasteiger partial charge in [-0.05, 0) is 26.2 Å². The van der Waals surface area contributed by atoms with Crippen LogP contribution in [0.2, 0.25) is 0 Å². The number of esters is 1. The van der Waals surface area contributed by atoms with Gasteiger partial charge in [0.2, 0.25) is 0 Å². The van der Waals surface area contributed by atoms with Gasteiger partial charge in [0.1, 0.15) is 0 Å². The molecule has 1 atom stereocenters. The second-order valence-corrected chi connectivity index (χ2v) is 3.35. The van der Waals surface area contributed by atoms with E-state index in [-0.39, 0.29) is 12.5 Å². The molecule has 0 amide bonds. The number of alkyl halides is 1. The number of carbonyl (C=O) groups is 1. The molecular formula is C10H20FNO2. The number of hydrogen-bond donors (Lipinski definition) is 1. The molecule has 0 heterocycles. The molecule has 0 radical (unpaired) electrons. The Bertz CT molecular complexity index is 170. The molecule has 0 aromatic rings. The fraction of sp³-hybridized carbons (Fsp3) is 0.900. The summed E-state index contributed by atoms with van der Waals surface area (Å²) < 4.78 is 17.0. The van der Waals surface area contributed by atoms with Crippen LogP contribution in [0.15, 0.2) is 0 Å². The predicted molar refractivity (Wildman–Crippen MR) is 53.6 cm³/mol. The van der Waals surface area contributed by atoms with Gasteiger partial charge in [0.25, 0.3) is 0 Å². The van der Waals surface area contributed by atoms with Gasteiger partial charge < -0.3 is 10.5 Å². The summed E-state index contributed by atoms with van der Waals surface area (Å²) >= 11 is 0. The number of carbonyl (C=O) groups excluding carboxylic acids is 1. The third kappa shape index (κ3) is 3.25. The summed E-state index contributed by atoms with van der Waals surface area (Å²) in [4.78, 5) is 11.6. The summed E-state index contributed by atoms with van der Waals surface area (Å²) in [6.45, 7) is 3.78. The van der Waals surface area contributed by atoms with E-state index in [1.54, 1.807) is 6.92 Å². The Morgan fingerprint density at radius 2 is 2.14 bits per heavy atom. The average Bonchev–Trinajstić information content (AvgIpc) is 2.21. The number of nitrogens with two attached hydrogens (primary N) is 1. The van der Waals surface area contributed by atoms with Gasteiger partial charge in [-0.2, -0.15) is 0 Å². The molecule has 3 nitrogen and oxygen atoms in total. The van der Waals surface area contributed by atoms with Gasteiger partial charge in [-0.1, -0.05) is 6.92 Å². The van der Waals surface area contributed by atoms with Crippen LogP contribution in [-0.4, -0.2) is 25.8 Å². The summed E-state index contributed by atoms with van der Waals surface area (Å²) in [6.07, 6.45) is 1.43. The van der Waals surface area contributed by atoms with Gasteiger partial charge in [0, 0.05) is 6.54 Å². The molecule has 84 valence electrons. The van der Waals surface area contributed by atoms with Crippen molar-refractivity contribution < 1.29 is 13.9 Å². The number of ether oxygens (including phenoxy) is 1.